The second-order valence-corrected chi connectivity index (χ2v) is 14.4. The van der Waals surface area contributed by atoms with E-state index in [-0.39, 0.29) is 42.3 Å². The Labute approximate surface area is 277 Å². The quantitative estimate of drug-likeness (QED) is 0.243. The number of carboxylic acid groups (broad SMARTS) is 1. The summed E-state index contributed by atoms with van der Waals surface area (Å²) in [5.74, 6) is 0.661. The molecule has 3 fully saturated rings. The number of likely N-dealkylation sites (tertiary alicyclic amines) is 1. The number of halogens is 1. The summed E-state index contributed by atoms with van der Waals surface area (Å²) >= 11 is 6.33. The summed E-state index contributed by atoms with van der Waals surface area (Å²) in [6.07, 6.45) is 10.4. The Morgan fingerprint density at radius 1 is 0.978 bits per heavy atom. The number of carbonyl (C=O) groups is 3. The van der Waals surface area contributed by atoms with Crippen LogP contribution in [0.4, 0.5) is 0 Å². The fourth-order valence-corrected chi connectivity index (χ4v) is 8.64. The summed E-state index contributed by atoms with van der Waals surface area (Å²) in [7, 11) is 0. The number of fused-ring (bicyclic) bond motifs is 1. The average Bonchev–Trinajstić information content (AvgIpc) is 3.66. The Morgan fingerprint density at radius 3 is 2.41 bits per heavy atom. The molecule has 0 aromatic heterocycles. The van der Waals surface area contributed by atoms with Crippen molar-refractivity contribution in [3.05, 3.63) is 58.1 Å². The molecule has 3 aliphatic carbocycles. The van der Waals surface area contributed by atoms with Crippen LogP contribution < -0.4 is 9.47 Å². The molecule has 1 spiro atoms. The van der Waals surface area contributed by atoms with E-state index in [2.05, 4.69) is 23.1 Å². The Balaban J connectivity index is 1.13. The predicted octanol–water partition coefficient (Wildman–Crippen LogP) is 7.21. The molecule has 2 aromatic carbocycles. The Bertz CT molecular complexity index is 1410. The minimum Gasteiger partial charge on any atom is -0.490 e. The lowest BCUT2D eigenvalue weighted by Crippen LogP contribution is -2.48. The average molecular weight is 651 g/mol. The van der Waals surface area contributed by atoms with Crippen molar-refractivity contribution in [2.45, 2.75) is 96.6 Å². The summed E-state index contributed by atoms with van der Waals surface area (Å²) in [5.41, 5.74) is 3.64. The zero-order valence-corrected chi connectivity index (χ0v) is 27.7. The third kappa shape index (κ3) is 7.38. The van der Waals surface area contributed by atoms with Crippen LogP contribution in [0, 0.1) is 17.3 Å². The van der Waals surface area contributed by atoms with Crippen LogP contribution in [0.2, 0.25) is 5.02 Å². The number of ether oxygens (including phenoxy) is 2. The van der Waals surface area contributed by atoms with Crippen LogP contribution in [-0.4, -0.2) is 59.0 Å². The molecular weight excluding hydrogens is 604 g/mol. The van der Waals surface area contributed by atoms with Crippen molar-refractivity contribution >= 4 is 29.4 Å². The van der Waals surface area contributed by atoms with Gasteiger partial charge in [0.2, 0.25) is 11.8 Å². The molecule has 248 valence electrons. The van der Waals surface area contributed by atoms with E-state index in [1.54, 1.807) is 0 Å². The first-order valence-electron chi connectivity index (χ1n) is 17.2. The van der Waals surface area contributed by atoms with Gasteiger partial charge in [-0.25, -0.2) is 0 Å². The largest absolute Gasteiger partial charge is 0.490 e. The van der Waals surface area contributed by atoms with Crippen molar-refractivity contribution in [3.63, 3.8) is 0 Å². The molecule has 9 heteroatoms. The van der Waals surface area contributed by atoms with Crippen LogP contribution in [0.5, 0.6) is 11.5 Å². The second-order valence-electron chi connectivity index (χ2n) is 13.9. The molecule has 2 aromatic rings. The summed E-state index contributed by atoms with van der Waals surface area (Å²) in [6, 6.07) is 12.6. The molecule has 0 radical (unpaired) electrons. The van der Waals surface area contributed by atoms with Gasteiger partial charge in [-0.3, -0.25) is 24.2 Å². The molecule has 2 amide bonds. The van der Waals surface area contributed by atoms with Gasteiger partial charge in [-0.2, -0.15) is 0 Å². The number of hydrogen-bond acceptors (Lipinski definition) is 6. The van der Waals surface area contributed by atoms with Crippen LogP contribution in [0.25, 0.3) is 0 Å². The standard InChI is InChI=1S/C37H47ClN2O6/c1-2-45-33-19-26(7-14-32(33)46-18-17-40-34(41)21-37(22-35(40)42)15-3-4-16-37)24-39(23-25-5-8-27(9-6-25)36(43)44)31-13-10-28-20-29(38)11-12-30(28)31/h7,11-12,14,19-20,25,27,31H,2-6,8-10,13,15-18,21-24H2,1H3,(H,43,44). The van der Waals surface area contributed by atoms with Gasteiger partial charge in [0.05, 0.1) is 19.1 Å². The number of rotatable bonds is 12. The highest BCUT2D eigenvalue weighted by molar-refractivity contribution is 6.30. The number of amides is 2. The maximum Gasteiger partial charge on any atom is 0.306 e. The minimum atomic E-state index is -0.672. The molecule has 8 nitrogen and oxygen atoms in total. The zero-order valence-electron chi connectivity index (χ0n) is 27.0. The SMILES string of the molecule is CCOc1cc(CN(CC2CCC(C(=O)O)CC2)C2CCc3cc(Cl)ccc32)ccc1OCCN1C(=O)CC2(CCCC2)CC1=O. The molecule has 1 saturated heterocycles. The van der Waals surface area contributed by atoms with E-state index in [0.717, 1.165) is 87.9 Å². The number of imide groups is 1. The number of aliphatic carboxylic acids is 1. The summed E-state index contributed by atoms with van der Waals surface area (Å²) in [6.45, 7) is 4.52. The molecule has 1 heterocycles. The number of piperidine rings is 1. The predicted molar refractivity (Wildman–Crippen MR) is 176 cm³/mol. The van der Waals surface area contributed by atoms with Gasteiger partial charge in [0.25, 0.3) is 0 Å². The number of carbonyl (C=O) groups excluding carboxylic acids is 2. The fourth-order valence-electron chi connectivity index (χ4n) is 8.45. The summed E-state index contributed by atoms with van der Waals surface area (Å²) in [4.78, 5) is 41.3. The van der Waals surface area contributed by atoms with Gasteiger partial charge in [0, 0.05) is 37.0 Å². The number of carboxylic acids is 1. The Kier molecular flexibility index (Phi) is 10.2. The van der Waals surface area contributed by atoms with Gasteiger partial charge in [-0.1, -0.05) is 36.6 Å². The van der Waals surface area contributed by atoms with Gasteiger partial charge < -0.3 is 14.6 Å². The van der Waals surface area contributed by atoms with Gasteiger partial charge in [0.1, 0.15) is 6.61 Å². The molecular formula is C37H47ClN2O6. The number of hydrogen-bond donors (Lipinski definition) is 1. The highest BCUT2D eigenvalue weighted by Gasteiger charge is 2.45. The fraction of sp³-hybridized carbons (Fsp3) is 0.595. The molecule has 1 N–H and O–H groups in total. The van der Waals surface area contributed by atoms with Crippen LogP contribution in [0.1, 0.15) is 100 Å². The lowest BCUT2D eigenvalue weighted by atomic mass is 9.76. The van der Waals surface area contributed by atoms with Gasteiger partial charge in [-0.05, 0) is 111 Å². The number of nitrogens with zero attached hydrogens (tertiary/aromatic N) is 2. The van der Waals surface area contributed by atoms with Crippen molar-refractivity contribution in [2.24, 2.45) is 17.3 Å². The van der Waals surface area contributed by atoms with Crippen molar-refractivity contribution in [2.75, 3.05) is 26.3 Å². The lowest BCUT2D eigenvalue weighted by molar-refractivity contribution is -0.153. The Hall–Kier alpha value is -3.10. The lowest BCUT2D eigenvalue weighted by Gasteiger charge is -2.37. The van der Waals surface area contributed by atoms with Crippen molar-refractivity contribution in [3.8, 4) is 11.5 Å². The third-order valence-corrected chi connectivity index (χ3v) is 11.1. The smallest absolute Gasteiger partial charge is 0.306 e. The van der Waals surface area contributed by atoms with Gasteiger partial charge in [0.15, 0.2) is 11.5 Å². The topological polar surface area (TPSA) is 96.4 Å². The van der Waals surface area contributed by atoms with Crippen molar-refractivity contribution < 1.29 is 29.0 Å². The first-order valence-corrected chi connectivity index (χ1v) is 17.6. The molecule has 4 aliphatic rings. The van der Waals surface area contributed by atoms with E-state index in [1.165, 1.54) is 16.0 Å². The molecule has 0 bridgehead atoms. The molecule has 1 unspecified atom stereocenters. The minimum absolute atomic E-state index is 0.0746. The summed E-state index contributed by atoms with van der Waals surface area (Å²) in [5, 5.41) is 10.3. The van der Waals surface area contributed by atoms with E-state index in [9.17, 15) is 19.5 Å². The van der Waals surface area contributed by atoms with Crippen LogP contribution in [0.3, 0.4) is 0 Å². The van der Waals surface area contributed by atoms with E-state index in [4.69, 9.17) is 21.1 Å². The van der Waals surface area contributed by atoms with Crippen molar-refractivity contribution in [1.29, 1.82) is 0 Å². The first kappa shape index (κ1) is 32.8. The van der Waals surface area contributed by atoms with E-state index < -0.39 is 5.97 Å². The van der Waals surface area contributed by atoms with E-state index in [0.29, 0.717) is 36.9 Å². The van der Waals surface area contributed by atoms with E-state index in [1.807, 2.05) is 25.1 Å². The number of aryl methyl sites for hydroxylation is 1. The maximum absolute atomic E-state index is 12.9. The molecule has 46 heavy (non-hydrogen) atoms. The highest BCUT2D eigenvalue weighted by Crippen LogP contribution is 2.47. The zero-order chi connectivity index (χ0) is 32.3. The maximum atomic E-state index is 12.9. The normalized spacial score (nSPS) is 24.1. The van der Waals surface area contributed by atoms with E-state index >= 15 is 0 Å². The molecule has 1 aliphatic heterocycles. The molecule has 2 saturated carbocycles. The van der Waals surface area contributed by atoms with Crippen LogP contribution >= 0.6 is 11.6 Å². The number of benzene rings is 2. The third-order valence-electron chi connectivity index (χ3n) is 10.9. The van der Waals surface area contributed by atoms with Crippen LogP contribution in [0.15, 0.2) is 36.4 Å². The Morgan fingerprint density at radius 2 is 1.72 bits per heavy atom. The first-order chi connectivity index (χ1) is 22.2. The monoisotopic (exact) mass is 650 g/mol. The van der Waals surface area contributed by atoms with Gasteiger partial charge in [-0.15, -0.1) is 0 Å². The molecule has 6 rings (SSSR count). The summed E-state index contributed by atoms with van der Waals surface area (Å²) < 4.78 is 12.2. The molecule has 1 atom stereocenters. The highest BCUT2D eigenvalue weighted by atomic mass is 35.5. The van der Waals surface area contributed by atoms with Crippen molar-refractivity contribution in [1.82, 2.24) is 9.80 Å². The second kappa shape index (κ2) is 14.3. The van der Waals surface area contributed by atoms with Crippen LogP contribution in [-0.2, 0) is 27.3 Å². The van der Waals surface area contributed by atoms with Gasteiger partial charge >= 0.3 is 5.97 Å².